The van der Waals surface area contributed by atoms with Gasteiger partial charge in [-0.2, -0.15) is 11.8 Å². The van der Waals surface area contributed by atoms with Crippen LogP contribution in [0.1, 0.15) is 40.0 Å². The molecule has 1 saturated heterocycles. The van der Waals surface area contributed by atoms with Gasteiger partial charge < -0.3 is 4.90 Å². The van der Waals surface area contributed by atoms with Crippen LogP contribution in [-0.4, -0.2) is 36.0 Å². The molecular formula is C11H25NS. The molecule has 1 rings (SSSR count). The van der Waals surface area contributed by atoms with E-state index in [-0.39, 0.29) is 0 Å². The van der Waals surface area contributed by atoms with Gasteiger partial charge in [0.1, 0.15) is 0 Å². The Morgan fingerprint density at radius 1 is 1.08 bits per heavy atom. The van der Waals surface area contributed by atoms with Crippen LogP contribution in [0.25, 0.3) is 0 Å². The molecule has 1 nitrogen and oxygen atoms in total. The third-order valence-corrected chi connectivity index (χ3v) is 3.08. The zero-order valence-electron chi connectivity index (χ0n) is 9.51. The highest BCUT2D eigenvalue weighted by Crippen LogP contribution is 2.09. The maximum absolute atomic E-state index is 2.60. The van der Waals surface area contributed by atoms with E-state index >= 15 is 0 Å². The van der Waals surface area contributed by atoms with E-state index in [0.717, 1.165) is 0 Å². The maximum atomic E-state index is 2.60. The number of thioether (sulfide) groups is 1. The normalized spacial score (nSPS) is 17.8. The van der Waals surface area contributed by atoms with Crippen molar-refractivity contribution >= 4 is 11.8 Å². The standard InChI is InChI=1S/C9H19NS.C2H6/c1-2-11-9-8-10-6-4-3-5-7-10;1-2/h2-9H2,1H3;1-2H3. The van der Waals surface area contributed by atoms with E-state index < -0.39 is 0 Å². The summed E-state index contributed by atoms with van der Waals surface area (Å²) in [7, 11) is 0. The van der Waals surface area contributed by atoms with E-state index in [1.807, 2.05) is 13.8 Å². The van der Waals surface area contributed by atoms with E-state index in [9.17, 15) is 0 Å². The molecule has 0 amide bonds. The van der Waals surface area contributed by atoms with Gasteiger partial charge in [0.15, 0.2) is 0 Å². The molecule has 13 heavy (non-hydrogen) atoms. The minimum absolute atomic E-state index is 1.27. The molecule has 2 heteroatoms. The molecule has 0 spiro atoms. The molecular weight excluding hydrogens is 178 g/mol. The summed E-state index contributed by atoms with van der Waals surface area (Å²) in [6.07, 6.45) is 4.31. The fourth-order valence-corrected chi connectivity index (χ4v) is 2.20. The lowest BCUT2D eigenvalue weighted by molar-refractivity contribution is 0.242. The number of piperidine rings is 1. The third-order valence-electron chi connectivity index (χ3n) is 2.20. The van der Waals surface area contributed by atoms with Gasteiger partial charge in [0.05, 0.1) is 0 Å². The van der Waals surface area contributed by atoms with Crippen LogP contribution in [-0.2, 0) is 0 Å². The number of hydrogen-bond donors (Lipinski definition) is 0. The van der Waals surface area contributed by atoms with Gasteiger partial charge in [-0.3, -0.25) is 0 Å². The lowest BCUT2D eigenvalue weighted by Crippen LogP contribution is -2.31. The second-order valence-corrected chi connectivity index (χ2v) is 4.49. The van der Waals surface area contributed by atoms with Gasteiger partial charge in [-0.25, -0.2) is 0 Å². The maximum Gasteiger partial charge on any atom is 0.00723 e. The molecule has 1 fully saturated rings. The monoisotopic (exact) mass is 203 g/mol. The second kappa shape index (κ2) is 10.4. The lowest BCUT2D eigenvalue weighted by atomic mass is 10.1. The Kier molecular flexibility index (Phi) is 10.6. The SMILES string of the molecule is CC.CCSCCN1CCCCC1. The predicted octanol–water partition coefficient (Wildman–Crippen LogP) is 3.25. The molecule has 0 radical (unpaired) electrons. The summed E-state index contributed by atoms with van der Waals surface area (Å²) < 4.78 is 0. The van der Waals surface area contributed by atoms with Crippen molar-refractivity contribution in [2.24, 2.45) is 0 Å². The predicted molar refractivity (Wildman–Crippen MR) is 64.6 cm³/mol. The molecule has 0 N–H and O–H groups in total. The molecule has 0 unspecified atom stereocenters. The van der Waals surface area contributed by atoms with Gasteiger partial charge in [-0.05, 0) is 31.7 Å². The highest BCUT2D eigenvalue weighted by atomic mass is 32.2. The van der Waals surface area contributed by atoms with Crippen LogP contribution in [0.4, 0.5) is 0 Å². The summed E-state index contributed by atoms with van der Waals surface area (Å²) in [5.41, 5.74) is 0. The van der Waals surface area contributed by atoms with Crippen LogP contribution in [0.3, 0.4) is 0 Å². The first-order valence-corrected chi connectivity index (χ1v) is 6.89. The highest BCUT2D eigenvalue weighted by molar-refractivity contribution is 7.99. The van der Waals surface area contributed by atoms with Crippen molar-refractivity contribution in [2.45, 2.75) is 40.0 Å². The van der Waals surface area contributed by atoms with Crippen LogP contribution < -0.4 is 0 Å². The minimum atomic E-state index is 1.27. The molecule has 0 bridgehead atoms. The largest absolute Gasteiger partial charge is 0.303 e. The van der Waals surface area contributed by atoms with Crippen LogP contribution in [0.5, 0.6) is 0 Å². The number of nitrogens with zero attached hydrogens (tertiary/aromatic N) is 1. The van der Waals surface area contributed by atoms with Gasteiger partial charge in [0.25, 0.3) is 0 Å². The number of rotatable bonds is 4. The van der Waals surface area contributed by atoms with Gasteiger partial charge in [0.2, 0.25) is 0 Å². The van der Waals surface area contributed by atoms with Gasteiger partial charge >= 0.3 is 0 Å². The summed E-state index contributed by atoms with van der Waals surface area (Å²) in [5.74, 6) is 2.60. The first-order chi connectivity index (χ1) is 6.43. The molecule has 0 aromatic heterocycles. The Bertz CT molecular complexity index is 90.1. The van der Waals surface area contributed by atoms with E-state index in [4.69, 9.17) is 0 Å². The smallest absolute Gasteiger partial charge is 0.00723 e. The van der Waals surface area contributed by atoms with E-state index in [1.165, 1.54) is 50.4 Å². The second-order valence-electron chi connectivity index (χ2n) is 3.10. The zero-order valence-corrected chi connectivity index (χ0v) is 10.3. The quantitative estimate of drug-likeness (QED) is 0.645. The van der Waals surface area contributed by atoms with E-state index in [2.05, 4.69) is 23.6 Å². The van der Waals surface area contributed by atoms with E-state index in [0.29, 0.717) is 0 Å². The average molecular weight is 203 g/mol. The molecule has 0 aromatic rings. The highest BCUT2D eigenvalue weighted by Gasteiger charge is 2.08. The van der Waals surface area contributed by atoms with Crippen LogP contribution in [0, 0.1) is 0 Å². The topological polar surface area (TPSA) is 3.24 Å². The Morgan fingerprint density at radius 2 is 1.69 bits per heavy atom. The van der Waals surface area contributed by atoms with Crippen LogP contribution >= 0.6 is 11.8 Å². The van der Waals surface area contributed by atoms with Crippen molar-refractivity contribution < 1.29 is 0 Å². The first kappa shape index (κ1) is 13.3. The summed E-state index contributed by atoms with van der Waals surface area (Å²) in [6.45, 7) is 10.3. The Labute approximate surface area is 88.3 Å². The van der Waals surface area contributed by atoms with Crippen molar-refractivity contribution in [2.75, 3.05) is 31.1 Å². The van der Waals surface area contributed by atoms with Crippen molar-refractivity contribution in [1.29, 1.82) is 0 Å². The third kappa shape index (κ3) is 7.39. The molecule has 0 atom stereocenters. The number of hydrogen-bond acceptors (Lipinski definition) is 2. The lowest BCUT2D eigenvalue weighted by Gasteiger charge is -2.25. The van der Waals surface area contributed by atoms with Gasteiger partial charge in [-0.15, -0.1) is 0 Å². The molecule has 0 aliphatic carbocycles. The Balaban J connectivity index is 0.000000671. The van der Waals surface area contributed by atoms with Gasteiger partial charge in [0, 0.05) is 12.3 Å². The fourth-order valence-electron chi connectivity index (χ4n) is 1.52. The molecule has 0 aromatic carbocycles. The number of likely N-dealkylation sites (tertiary alicyclic amines) is 1. The molecule has 1 aliphatic rings. The van der Waals surface area contributed by atoms with Crippen LogP contribution in [0.2, 0.25) is 0 Å². The fraction of sp³-hybridized carbons (Fsp3) is 1.00. The van der Waals surface area contributed by atoms with Crippen molar-refractivity contribution in [3.63, 3.8) is 0 Å². The molecule has 1 heterocycles. The molecule has 80 valence electrons. The minimum Gasteiger partial charge on any atom is -0.303 e. The summed E-state index contributed by atoms with van der Waals surface area (Å²) in [6, 6.07) is 0. The van der Waals surface area contributed by atoms with Crippen molar-refractivity contribution in [1.82, 2.24) is 4.90 Å². The average Bonchev–Trinajstić information content (AvgIpc) is 2.23. The molecule has 1 aliphatic heterocycles. The Morgan fingerprint density at radius 3 is 2.23 bits per heavy atom. The van der Waals surface area contributed by atoms with Crippen LogP contribution in [0.15, 0.2) is 0 Å². The summed E-state index contributed by atoms with van der Waals surface area (Å²) >= 11 is 2.06. The van der Waals surface area contributed by atoms with Gasteiger partial charge in [-0.1, -0.05) is 27.2 Å². The zero-order chi connectivity index (χ0) is 9.94. The first-order valence-electron chi connectivity index (χ1n) is 5.73. The Hall–Kier alpha value is 0.310. The van der Waals surface area contributed by atoms with E-state index in [1.54, 1.807) is 0 Å². The molecule has 0 saturated carbocycles. The summed E-state index contributed by atoms with van der Waals surface area (Å²) in [4.78, 5) is 2.60. The van der Waals surface area contributed by atoms with Crippen molar-refractivity contribution in [3.8, 4) is 0 Å². The summed E-state index contributed by atoms with van der Waals surface area (Å²) in [5, 5.41) is 0. The van der Waals surface area contributed by atoms with Crippen molar-refractivity contribution in [3.05, 3.63) is 0 Å².